The summed E-state index contributed by atoms with van der Waals surface area (Å²) in [6.45, 7) is 12.4. The molecule has 0 amide bonds. The highest BCUT2D eigenvalue weighted by atomic mass is 16.5. The minimum absolute atomic E-state index is 0.112. The van der Waals surface area contributed by atoms with Crippen molar-refractivity contribution in [3.63, 3.8) is 0 Å². The molecule has 1 aliphatic rings. The Balaban J connectivity index is 2.05. The number of nitrogens with zero attached hydrogens (tertiary/aromatic N) is 3. The maximum absolute atomic E-state index is 5.72. The molecule has 0 spiro atoms. The summed E-state index contributed by atoms with van der Waals surface area (Å²) >= 11 is 0. The number of aromatic nitrogens is 2. The van der Waals surface area contributed by atoms with Gasteiger partial charge in [-0.3, -0.25) is 9.58 Å². The van der Waals surface area contributed by atoms with Crippen LogP contribution in [0.1, 0.15) is 33.3 Å². The van der Waals surface area contributed by atoms with Crippen LogP contribution in [0.2, 0.25) is 0 Å². The lowest BCUT2D eigenvalue weighted by atomic mass is 10.0. The number of morpholine rings is 1. The second-order valence-corrected chi connectivity index (χ2v) is 5.52. The lowest BCUT2D eigenvalue weighted by Gasteiger charge is -2.44. The van der Waals surface area contributed by atoms with Gasteiger partial charge in [-0.05, 0) is 27.7 Å². The molecule has 17 heavy (non-hydrogen) atoms. The smallest absolute Gasteiger partial charge is 0.0675 e. The molecule has 2 heterocycles. The standard InChI is InChI=1S/C13H23N3O/c1-5-16-9-12(6-14-16)8-15-7-11(2)17-10-13(15,3)4/h6,9,11H,5,7-8,10H2,1-4H3. The highest BCUT2D eigenvalue weighted by molar-refractivity contribution is 5.05. The van der Waals surface area contributed by atoms with Gasteiger partial charge in [-0.25, -0.2) is 0 Å². The van der Waals surface area contributed by atoms with Gasteiger partial charge in [-0.1, -0.05) is 0 Å². The van der Waals surface area contributed by atoms with Crippen LogP contribution in [-0.4, -0.2) is 39.5 Å². The molecule has 0 aromatic carbocycles. The van der Waals surface area contributed by atoms with Crippen LogP contribution in [0.5, 0.6) is 0 Å². The van der Waals surface area contributed by atoms with Crippen LogP contribution in [0.25, 0.3) is 0 Å². The molecule has 0 radical (unpaired) electrons. The van der Waals surface area contributed by atoms with Gasteiger partial charge in [0.25, 0.3) is 0 Å². The van der Waals surface area contributed by atoms with Gasteiger partial charge >= 0.3 is 0 Å². The van der Waals surface area contributed by atoms with E-state index < -0.39 is 0 Å². The van der Waals surface area contributed by atoms with Crippen LogP contribution in [0.3, 0.4) is 0 Å². The Morgan fingerprint density at radius 2 is 2.29 bits per heavy atom. The van der Waals surface area contributed by atoms with Gasteiger partial charge in [-0.15, -0.1) is 0 Å². The Morgan fingerprint density at radius 3 is 2.94 bits per heavy atom. The van der Waals surface area contributed by atoms with Crippen LogP contribution in [-0.2, 0) is 17.8 Å². The van der Waals surface area contributed by atoms with Crippen molar-refractivity contribution in [3.8, 4) is 0 Å². The number of rotatable bonds is 3. The van der Waals surface area contributed by atoms with Crippen LogP contribution in [0.4, 0.5) is 0 Å². The lowest BCUT2D eigenvalue weighted by molar-refractivity contribution is -0.0949. The molecule has 1 aromatic rings. The average molecular weight is 237 g/mol. The molecule has 0 aliphatic carbocycles. The first-order valence-corrected chi connectivity index (χ1v) is 6.39. The van der Waals surface area contributed by atoms with E-state index in [0.717, 1.165) is 26.2 Å². The molecule has 1 saturated heterocycles. The summed E-state index contributed by atoms with van der Waals surface area (Å²) in [7, 11) is 0. The fraction of sp³-hybridized carbons (Fsp3) is 0.769. The number of hydrogen-bond acceptors (Lipinski definition) is 3. The van der Waals surface area contributed by atoms with Gasteiger partial charge in [-0.2, -0.15) is 5.10 Å². The van der Waals surface area contributed by atoms with Crippen molar-refractivity contribution in [1.82, 2.24) is 14.7 Å². The minimum atomic E-state index is 0.112. The molecule has 2 rings (SSSR count). The monoisotopic (exact) mass is 237 g/mol. The topological polar surface area (TPSA) is 30.3 Å². The third kappa shape index (κ3) is 2.87. The number of hydrogen-bond donors (Lipinski definition) is 0. The van der Waals surface area contributed by atoms with E-state index in [1.165, 1.54) is 5.56 Å². The van der Waals surface area contributed by atoms with Crippen molar-refractivity contribution in [2.45, 2.75) is 52.4 Å². The van der Waals surface area contributed by atoms with Crippen molar-refractivity contribution in [2.75, 3.05) is 13.2 Å². The van der Waals surface area contributed by atoms with E-state index in [1.807, 2.05) is 10.9 Å². The molecule has 4 nitrogen and oxygen atoms in total. The van der Waals surface area contributed by atoms with Crippen molar-refractivity contribution in [3.05, 3.63) is 18.0 Å². The van der Waals surface area contributed by atoms with E-state index in [0.29, 0.717) is 6.10 Å². The van der Waals surface area contributed by atoms with Gasteiger partial charge in [0, 0.05) is 36.9 Å². The quantitative estimate of drug-likeness (QED) is 0.804. The first-order valence-electron chi connectivity index (χ1n) is 6.39. The van der Waals surface area contributed by atoms with E-state index >= 15 is 0 Å². The van der Waals surface area contributed by atoms with Gasteiger partial charge in [0.2, 0.25) is 0 Å². The number of aryl methyl sites for hydroxylation is 1. The zero-order valence-corrected chi connectivity index (χ0v) is 11.3. The molecular formula is C13H23N3O. The fourth-order valence-electron chi connectivity index (χ4n) is 2.21. The predicted octanol–water partition coefficient (Wildman–Crippen LogP) is 1.90. The van der Waals surface area contributed by atoms with Crippen LogP contribution < -0.4 is 0 Å². The molecule has 0 N–H and O–H groups in total. The largest absolute Gasteiger partial charge is 0.375 e. The van der Waals surface area contributed by atoms with E-state index in [-0.39, 0.29) is 5.54 Å². The fourth-order valence-corrected chi connectivity index (χ4v) is 2.21. The Labute approximate surface area is 104 Å². The third-order valence-electron chi connectivity index (χ3n) is 3.44. The Bertz CT molecular complexity index is 372. The lowest BCUT2D eigenvalue weighted by Crippen LogP contribution is -2.54. The maximum atomic E-state index is 5.72. The van der Waals surface area contributed by atoms with Crippen molar-refractivity contribution in [2.24, 2.45) is 0 Å². The van der Waals surface area contributed by atoms with Crippen LogP contribution >= 0.6 is 0 Å². The van der Waals surface area contributed by atoms with E-state index in [4.69, 9.17) is 4.74 Å². The van der Waals surface area contributed by atoms with Gasteiger partial charge in [0.1, 0.15) is 0 Å². The first-order chi connectivity index (χ1) is 8.01. The van der Waals surface area contributed by atoms with Crippen LogP contribution in [0, 0.1) is 0 Å². The zero-order valence-electron chi connectivity index (χ0n) is 11.3. The molecule has 1 aliphatic heterocycles. The average Bonchev–Trinajstić information content (AvgIpc) is 2.72. The van der Waals surface area contributed by atoms with Crippen molar-refractivity contribution >= 4 is 0 Å². The van der Waals surface area contributed by atoms with Gasteiger partial charge in [0.15, 0.2) is 0 Å². The normalized spacial score (nSPS) is 25.1. The molecule has 96 valence electrons. The van der Waals surface area contributed by atoms with E-state index in [9.17, 15) is 0 Å². The second-order valence-electron chi connectivity index (χ2n) is 5.52. The molecule has 1 unspecified atom stereocenters. The maximum Gasteiger partial charge on any atom is 0.0675 e. The first kappa shape index (κ1) is 12.6. The molecular weight excluding hydrogens is 214 g/mol. The summed E-state index contributed by atoms with van der Waals surface area (Å²) in [5.74, 6) is 0. The third-order valence-corrected chi connectivity index (χ3v) is 3.44. The summed E-state index contributed by atoms with van der Waals surface area (Å²) in [4.78, 5) is 2.48. The highest BCUT2D eigenvalue weighted by Crippen LogP contribution is 2.23. The Kier molecular flexibility index (Phi) is 3.54. The second kappa shape index (κ2) is 4.78. The molecule has 0 saturated carbocycles. The summed E-state index contributed by atoms with van der Waals surface area (Å²) in [6, 6.07) is 0. The van der Waals surface area contributed by atoms with E-state index in [2.05, 4.69) is 43.9 Å². The Hall–Kier alpha value is -0.870. The zero-order chi connectivity index (χ0) is 12.5. The molecule has 0 bridgehead atoms. The van der Waals surface area contributed by atoms with Crippen molar-refractivity contribution < 1.29 is 4.74 Å². The molecule has 1 atom stereocenters. The van der Waals surface area contributed by atoms with Gasteiger partial charge < -0.3 is 4.74 Å². The van der Waals surface area contributed by atoms with Crippen LogP contribution in [0.15, 0.2) is 12.4 Å². The minimum Gasteiger partial charge on any atom is -0.375 e. The molecule has 1 aromatic heterocycles. The highest BCUT2D eigenvalue weighted by Gasteiger charge is 2.33. The summed E-state index contributed by atoms with van der Waals surface area (Å²) in [5, 5.41) is 4.33. The Morgan fingerprint density at radius 1 is 1.53 bits per heavy atom. The van der Waals surface area contributed by atoms with E-state index in [1.54, 1.807) is 0 Å². The summed E-state index contributed by atoms with van der Waals surface area (Å²) < 4.78 is 7.70. The van der Waals surface area contributed by atoms with Gasteiger partial charge in [0.05, 0.1) is 18.9 Å². The summed E-state index contributed by atoms with van der Waals surface area (Å²) in [5.41, 5.74) is 1.40. The summed E-state index contributed by atoms with van der Waals surface area (Å²) in [6.07, 6.45) is 4.43. The number of ether oxygens (including phenoxy) is 1. The predicted molar refractivity (Wildman–Crippen MR) is 67.8 cm³/mol. The molecule has 1 fully saturated rings. The SMILES string of the molecule is CCn1cc(CN2CC(C)OCC2(C)C)cn1. The van der Waals surface area contributed by atoms with Crippen molar-refractivity contribution in [1.29, 1.82) is 0 Å². The molecule has 4 heteroatoms.